The van der Waals surface area contributed by atoms with Gasteiger partial charge in [-0.15, -0.1) is 0 Å². The summed E-state index contributed by atoms with van der Waals surface area (Å²) in [4.78, 5) is 11.3. The summed E-state index contributed by atoms with van der Waals surface area (Å²) in [6.07, 6.45) is 1.84. The maximum absolute atomic E-state index is 13.8. The zero-order valence-electron chi connectivity index (χ0n) is 8.97. The van der Waals surface area contributed by atoms with Gasteiger partial charge in [-0.2, -0.15) is 0 Å². The van der Waals surface area contributed by atoms with E-state index in [9.17, 15) is 18.7 Å². The van der Waals surface area contributed by atoms with Gasteiger partial charge in [0.25, 0.3) is 0 Å². The van der Waals surface area contributed by atoms with E-state index in [0.29, 0.717) is 12.8 Å². The number of hydrogen-bond acceptors (Lipinski definition) is 1. The summed E-state index contributed by atoms with van der Waals surface area (Å²) in [5, 5.41) is 9.20. The summed E-state index contributed by atoms with van der Waals surface area (Å²) in [7, 11) is 0. The second-order valence-corrected chi connectivity index (χ2v) is 4.78. The van der Waals surface area contributed by atoms with E-state index in [4.69, 9.17) is 11.6 Å². The molecule has 1 aromatic rings. The van der Waals surface area contributed by atoms with Crippen molar-refractivity contribution in [1.82, 2.24) is 0 Å². The predicted molar refractivity (Wildman–Crippen MR) is 59.1 cm³/mol. The van der Waals surface area contributed by atoms with Crippen molar-refractivity contribution in [2.45, 2.75) is 31.1 Å². The molecule has 0 atom stereocenters. The molecule has 92 valence electrons. The van der Waals surface area contributed by atoms with E-state index in [2.05, 4.69) is 0 Å². The Morgan fingerprint density at radius 3 is 2.12 bits per heavy atom. The largest absolute Gasteiger partial charge is 0.481 e. The van der Waals surface area contributed by atoms with Gasteiger partial charge in [0.2, 0.25) is 0 Å². The lowest BCUT2D eigenvalue weighted by atomic mass is 9.78. The van der Waals surface area contributed by atoms with Crippen molar-refractivity contribution >= 4 is 17.6 Å². The minimum Gasteiger partial charge on any atom is -0.481 e. The Bertz CT molecular complexity index is 445. The number of carboxylic acids is 1. The van der Waals surface area contributed by atoms with Crippen LogP contribution in [0, 0.1) is 11.6 Å². The molecule has 0 aliphatic heterocycles. The molecule has 0 amide bonds. The highest BCUT2D eigenvalue weighted by molar-refractivity contribution is 6.30. The summed E-state index contributed by atoms with van der Waals surface area (Å²) < 4.78 is 27.6. The first-order chi connectivity index (χ1) is 7.97. The highest BCUT2D eigenvalue weighted by atomic mass is 35.5. The van der Waals surface area contributed by atoms with E-state index in [1.54, 1.807) is 0 Å². The van der Waals surface area contributed by atoms with Gasteiger partial charge >= 0.3 is 5.97 Å². The maximum atomic E-state index is 13.8. The first-order valence-electron chi connectivity index (χ1n) is 5.36. The normalized spacial score (nSPS) is 18.3. The lowest BCUT2D eigenvalue weighted by molar-refractivity contribution is -0.143. The predicted octanol–water partition coefficient (Wildman–Crippen LogP) is 3.51. The lowest BCUT2D eigenvalue weighted by Crippen LogP contribution is -2.34. The van der Waals surface area contributed by atoms with Gasteiger partial charge in [-0.1, -0.05) is 24.4 Å². The van der Waals surface area contributed by atoms with Crippen LogP contribution in [0.3, 0.4) is 0 Å². The van der Waals surface area contributed by atoms with Crippen molar-refractivity contribution < 1.29 is 18.7 Å². The van der Waals surface area contributed by atoms with Crippen LogP contribution in [0.1, 0.15) is 31.2 Å². The van der Waals surface area contributed by atoms with E-state index in [1.807, 2.05) is 0 Å². The van der Waals surface area contributed by atoms with E-state index >= 15 is 0 Å². The van der Waals surface area contributed by atoms with Crippen molar-refractivity contribution in [2.75, 3.05) is 0 Å². The molecule has 2 nitrogen and oxygen atoms in total. The highest BCUT2D eigenvalue weighted by Gasteiger charge is 2.46. The molecule has 0 unspecified atom stereocenters. The average molecular weight is 261 g/mol. The van der Waals surface area contributed by atoms with E-state index < -0.39 is 23.0 Å². The average Bonchev–Trinajstić information content (AvgIpc) is 2.66. The summed E-state index contributed by atoms with van der Waals surface area (Å²) in [6.45, 7) is 0. The molecule has 2 rings (SSSR count). The van der Waals surface area contributed by atoms with Crippen LogP contribution < -0.4 is 0 Å². The summed E-state index contributed by atoms with van der Waals surface area (Å²) in [6, 6.07) is 1.92. The SMILES string of the molecule is O=C(O)C1(c2c(F)cc(Cl)cc2F)CCCC1. The van der Waals surface area contributed by atoms with Gasteiger partial charge in [0, 0.05) is 10.6 Å². The maximum Gasteiger partial charge on any atom is 0.314 e. The summed E-state index contributed by atoms with van der Waals surface area (Å²) in [5.41, 5.74) is -1.79. The standard InChI is InChI=1S/C12H11ClF2O2/c13-7-5-8(14)10(9(15)6-7)12(11(16)17)3-1-2-4-12/h5-6H,1-4H2,(H,16,17). The molecule has 1 aliphatic rings. The zero-order chi connectivity index (χ0) is 12.6. The van der Waals surface area contributed by atoms with Crippen LogP contribution in [-0.4, -0.2) is 11.1 Å². The second kappa shape index (κ2) is 4.26. The fourth-order valence-electron chi connectivity index (χ4n) is 2.55. The fourth-order valence-corrected chi connectivity index (χ4v) is 2.74. The molecule has 5 heteroatoms. The van der Waals surface area contributed by atoms with Gasteiger partial charge in [-0.05, 0) is 25.0 Å². The molecule has 0 saturated heterocycles. The molecule has 17 heavy (non-hydrogen) atoms. The summed E-state index contributed by atoms with van der Waals surface area (Å²) >= 11 is 5.53. The number of hydrogen-bond donors (Lipinski definition) is 1. The zero-order valence-corrected chi connectivity index (χ0v) is 9.73. The molecule has 1 aliphatic carbocycles. The Balaban J connectivity index is 2.62. The molecule has 1 saturated carbocycles. The minimum absolute atomic E-state index is 0.0673. The van der Waals surface area contributed by atoms with E-state index in [1.165, 1.54) is 0 Å². The van der Waals surface area contributed by atoms with Gasteiger partial charge in [0.05, 0.1) is 5.41 Å². The van der Waals surface area contributed by atoms with Crippen LogP contribution in [0.4, 0.5) is 8.78 Å². The van der Waals surface area contributed by atoms with Crippen LogP contribution >= 0.6 is 11.6 Å². The van der Waals surface area contributed by atoms with E-state index in [0.717, 1.165) is 12.1 Å². The smallest absolute Gasteiger partial charge is 0.314 e. The van der Waals surface area contributed by atoms with Crippen molar-refractivity contribution in [3.63, 3.8) is 0 Å². The fraction of sp³-hybridized carbons (Fsp3) is 0.417. The van der Waals surface area contributed by atoms with Crippen LogP contribution in [0.5, 0.6) is 0 Å². The van der Waals surface area contributed by atoms with E-state index in [-0.39, 0.29) is 23.4 Å². The number of carbonyl (C=O) groups is 1. The third-order valence-electron chi connectivity index (χ3n) is 3.35. The number of carboxylic acid groups (broad SMARTS) is 1. The third-order valence-corrected chi connectivity index (χ3v) is 3.57. The van der Waals surface area contributed by atoms with Gasteiger partial charge in [0.15, 0.2) is 0 Å². The Morgan fingerprint density at radius 1 is 1.24 bits per heavy atom. The molecule has 0 bridgehead atoms. The quantitative estimate of drug-likeness (QED) is 0.883. The van der Waals surface area contributed by atoms with Gasteiger partial charge < -0.3 is 5.11 Å². The second-order valence-electron chi connectivity index (χ2n) is 4.34. The first-order valence-corrected chi connectivity index (χ1v) is 5.73. The molecule has 0 radical (unpaired) electrons. The minimum atomic E-state index is -1.43. The van der Waals surface area contributed by atoms with Crippen LogP contribution in [-0.2, 0) is 10.2 Å². The van der Waals surface area contributed by atoms with Crippen LogP contribution in [0.2, 0.25) is 5.02 Å². The molecular formula is C12H11ClF2O2. The van der Waals surface area contributed by atoms with Gasteiger partial charge in [-0.25, -0.2) is 8.78 Å². The summed E-state index contributed by atoms with van der Waals surface area (Å²) in [5.74, 6) is -2.92. The lowest BCUT2D eigenvalue weighted by Gasteiger charge is -2.25. The topological polar surface area (TPSA) is 37.3 Å². The Hall–Kier alpha value is -1.16. The monoisotopic (exact) mass is 260 g/mol. The number of benzene rings is 1. The van der Waals surface area contributed by atoms with Gasteiger partial charge in [-0.3, -0.25) is 4.79 Å². The van der Waals surface area contributed by atoms with Crippen molar-refractivity contribution in [2.24, 2.45) is 0 Å². The van der Waals surface area contributed by atoms with Crippen LogP contribution in [0.15, 0.2) is 12.1 Å². The molecule has 1 N–H and O–H groups in total. The molecule has 1 aromatic carbocycles. The van der Waals surface area contributed by atoms with Crippen LogP contribution in [0.25, 0.3) is 0 Å². The molecule has 1 fully saturated rings. The number of aliphatic carboxylic acids is 1. The molecule has 0 spiro atoms. The highest BCUT2D eigenvalue weighted by Crippen LogP contribution is 2.44. The molecule has 0 heterocycles. The molecule has 0 aromatic heterocycles. The first kappa shape index (κ1) is 12.3. The Kier molecular flexibility index (Phi) is 3.08. The van der Waals surface area contributed by atoms with Crippen molar-refractivity contribution in [3.05, 3.63) is 34.4 Å². The number of halogens is 3. The van der Waals surface area contributed by atoms with Gasteiger partial charge in [0.1, 0.15) is 11.6 Å². The molecular weight excluding hydrogens is 250 g/mol. The van der Waals surface area contributed by atoms with Crippen molar-refractivity contribution in [3.8, 4) is 0 Å². The number of rotatable bonds is 2. The Labute approximate surface area is 102 Å². The Morgan fingerprint density at radius 2 is 1.71 bits per heavy atom. The van der Waals surface area contributed by atoms with Crippen molar-refractivity contribution in [1.29, 1.82) is 0 Å². The third kappa shape index (κ3) is 1.90.